The van der Waals surface area contributed by atoms with E-state index >= 15 is 0 Å². The molecule has 0 aromatic rings. The summed E-state index contributed by atoms with van der Waals surface area (Å²) in [6.45, 7) is 19.7. The van der Waals surface area contributed by atoms with Crippen LogP contribution in [0.3, 0.4) is 0 Å². The molecule has 98 valence electrons. The molecule has 3 nitrogen and oxygen atoms in total. The van der Waals surface area contributed by atoms with Crippen molar-refractivity contribution >= 4 is 0 Å². The fourth-order valence-electron chi connectivity index (χ4n) is 1.63. The van der Waals surface area contributed by atoms with E-state index in [4.69, 9.17) is 0 Å². The molecule has 16 heavy (non-hydrogen) atoms. The van der Waals surface area contributed by atoms with Gasteiger partial charge in [-0.1, -0.05) is 13.8 Å². The summed E-state index contributed by atoms with van der Waals surface area (Å²) in [5.41, 5.74) is 0.233. The zero-order valence-electron chi connectivity index (χ0n) is 12.4. The van der Waals surface area contributed by atoms with Crippen LogP contribution in [-0.4, -0.2) is 35.4 Å². The second-order valence-electron chi connectivity index (χ2n) is 6.41. The lowest BCUT2D eigenvalue weighted by Crippen LogP contribution is -2.63. The largest absolute Gasteiger partial charge is 0.285 e. The molecule has 0 unspecified atom stereocenters. The highest BCUT2D eigenvalue weighted by Crippen LogP contribution is 2.08. The summed E-state index contributed by atoms with van der Waals surface area (Å²) in [5.74, 6) is 0. The van der Waals surface area contributed by atoms with Crippen molar-refractivity contribution < 1.29 is 0 Å². The molecule has 0 atom stereocenters. The molecule has 0 spiro atoms. The normalized spacial score (nSPS) is 13.9. The van der Waals surface area contributed by atoms with Crippen LogP contribution in [0.15, 0.2) is 0 Å². The van der Waals surface area contributed by atoms with Gasteiger partial charge >= 0.3 is 0 Å². The molecule has 0 saturated carbocycles. The van der Waals surface area contributed by atoms with Gasteiger partial charge in [0.15, 0.2) is 0 Å². The van der Waals surface area contributed by atoms with Gasteiger partial charge in [0.25, 0.3) is 0 Å². The number of rotatable bonds is 5. The minimum atomic E-state index is 0.117. The Labute approximate surface area is 102 Å². The Balaban J connectivity index is 4.62. The Kier molecular flexibility index (Phi) is 5.94. The molecule has 0 amide bonds. The molecule has 0 aromatic heterocycles. The predicted molar refractivity (Wildman–Crippen MR) is 72.5 cm³/mol. The number of hydrogen-bond acceptors (Lipinski definition) is 3. The second kappa shape index (κ2) is 5.99. The van der Waals surface area contributed by atoms with Gasteiger partial charge in [-0.15, -0.1) is 0 Å². The van der Waals surface area contributed by atoms with E-state index in [1.807, 2.05) is 0 Å². The molecule has 0 bridgehead atoms. The van der Waals surface area contributed by atoms with Crippen LogP contribution in [0, 0.1) is 0 Å². The minimum Gasteiger partial charge on any atom is -0.285 e. The van der Waals surface area contributed by atoms with Gasteiger partial charge in [0.05, 0.1) is 0 Å². The first-order valence-corrected chi connectivity index (χ1v) is 6.38. The lowest BCUT2D eigenvalue weighted by molar-refractivity contribution is 0.0947. The first-order chi connectivity index (χ1) is 7.09. The van der Waals surface area contributed by atoms with Crippen LogP contribution < -0.4 is 10.6 Å². The third-order valence-corrected chi connectivity index (χ3v) is 2.32. The molecule has 0 aliphatic carbocycles. The van der Waals surface area contributed by atoms with Gasteiger partial charge < -0.3 is 0 Å². The molecular weight excluding hydrogens is 198 g/mol. The fourth-order valence-corrected chi connectivity index (χ4v) is 1.63. The van der Waals surface area contributed by atoms with Gasteiger partial charge in [0.1, 0.15) is 6.29 Å². The van der Waals surface area contributed by atoms with E-state index in [0.29, 0.717) is 0 Å². The quantitative estimate of drug-likeness (QED) is 0.709. The zero-order valence-corrected chi connectivity index (χ0v) is 12.4. The highest BCUT2D eigenvalue weighted by molar-refractivity contribution is 4.82. The van der Waals surface area contributed by atoms with Crippen LogP contribution in [0.4, 0.5) is 0 Å². The summed E-state index contributed by atoms with van der Waals surface area (Å²) in [7, 11) is 0. The topological polar surface area (TPSA) is 27.3 Å². The third-order valence-electron chi connectivity index (χ3n) is 2.32. The van der Waals surface area contributed by atoms with E-state index in [0.717, 1.165) is 13.1 Å². The van der Waals surface area contributed by atoms with Gasteiger partial charge in [0, 0.05) is 11.1 Å². The summed E-state index contributed by atoms with van der Waals surface area (Å²) < 4.78 is 0. The molecule has 0 aliphatic heterocycles. The maximum atomic E-state index is 3.63. The van der Waals surface area contributed by atoms with Crippen LogP contribution in [0.25, 0.3) is 0 Å². The Morgan fingerprint density at radius 1 is 0.812 bits per heavy atom. The zero-order chi connectivity index (χ0) is 13.0. The molecule has 0 rings (SSSR count). The standard InChI is InChI=1S/C13H31N3/c1-9-16(10-2)11(14-12(3,4)5)15-13(6,7)8/h11,14-15H,9-10H2,1-8H3. The monoisotopic (exact) mass is 229 g/mol. The lowest BCUT2D eigenvalue weighted by Gasteiger charge is -2.40. The van der Waals surface area contributed by atoms with Crippen LogP contribution >= 0.6 is 0 Å². The molecule has 0 saturated heterocycles. The van der Waals surface area contributed by atoms with Crippen LogP contribution in [0.1, 0.15) is 55.4 Å². The van der Waals surface area contributed by atoms with Crippen LogP contribution in [0.5, 0.6) is 0 Å². The second-order valence-corrected chi connectivity index (χ2v) is 6.41. The van der Waals surface area contributed by atoms with Crippen molar-refractivity contribution in [3.05, 3.63) is 0 Å². The average Bonchev–Trinajstić information content (AvgIpc) is 1.99. The van der Waals surface area contributed by atoms with Crippen molar-refractivity contribution in [2.45, 2.75) is 72.8 Å². The third kappa shape index (κ3) is 7.20. The molecule has 0 radical (unpaired) electrons. The van der Waals surface area contributed by atoms with E-state index in [-0.39, 0.29) is 17.4 Å². The van der Waals surface area contributed by atoms with Gasteiger partial charge in [0.2, 0.25) is 0 Å². The van der Waals surface area contributed by atoms with Crippen molar-refractivity contribution in [2.24, 2.45) is 0 Å². The highest BCUT2D eigenvalue weighted by atomic mass is 15.4. The van der Waals surface area contributed by atoms with Gasteiger partial charge in [-0.05, 0) is 54.6 Å². The molecule has 2 N–H and O–H groups in total. The number of hydrogen-bond donors (Lipinski definition) is 2. The summed E-state index contributed by atoms with van der Waals surface area (Å²) in [5, 5.41) is 7.26. The minimum absolute atomic E-state index is 0.117. The Morgan fingerprint density at radius 2 is 1.12 bits per heavy atom. The summed E-state index contributed by atoms with van der Waals surface area (Å²) in [4.78, 5) is 2.40. The number of nitrogens with one attached hydrogen (secondary N) is 2. The summed E-state index contributed by atoms with van der Waals surface area (Å²) in [6.07, 6.45) is 0.231. The Morgan fingerprint density at radius 3 is 1.31 bits per heavy atom. The van der Waals surface area contributed by atoms with E-state index in [1.165, 1.54) is 0 Å². The van der Waals surface area contributed by atoms with Crippen molar-refractivity contribution in [1.29, 1.82) is 0 Å². The van der Waals surface area contributed by atoms with Crippen molar-refractivity contribution in [3.8, 4) is 0 Å². The highest BCUT2D eigenvalue weighted by Gasteiger charge is 2.25. The number of nitrogens with zero attached hydrogens (tertiary/aromatic N) is 1. The first kappa shape index (κ1) is 15.9. The summed E-state index contributed by atoms with van der Waals surface area (Å²) in [6, 6.07) is 0. The molecule has 3 heteroatoms. The van der Waals surface area contributed by atoms with Gasteiger partial charge in [-0.25, -0.2) is 0 Å². The molecule has 0 fully saturated rings. The maximum absolute atomic E-state index is 3.63. The van der Waals surface area contributed by atoms with E-state index in [2.05, 4.69) is 70.9 Å². The van der Waals surface area contributed by atoms with Gasteiger partial charge in [-0.3, -0.25) is 15.5 Å². The van der Waals surface area contributed by atoms with Gasteiger partial charge in [-0.2, -0.15) is 0 Å². The molecular formula is C13H31N3. The average molecular weight is 229 g/mol. The lowest BCUT2D eigenvalue weighted by atomic mass is 10.1. The first-order valence-electron chi connectivity index (χ1n) is 6.38. The SMILES string of the molecule is CCN(CC)C(NC(C)(C)C)NC(C)(C)C. The van der Waals surface area contributed by atoms with Crippen molar-refractivity contribution in [3.63, 3.8) is 0 Å². The Hall–Kier alpha value is -0.120. The van der Waals surface area contributed by atoms with Crippen LogP contribution in [-0.2, 0) is 0 Å². The predicted octanol–water partition coefficient (Wildman–Crippen LogP) is 2.39. The van der Waals surface area contributed by atoms with E-state index in [9.17, 15) is 0 Å². The summed E-state index contributed by atoms with van der Waals surface area (Å²) >= 11 is 0. The smallest absolute Gasteiger partial charge is 0.115 e. The molecule has 0 heterocycles. The fraction of sp³-hybridized carbons (Fsp3) is 1.00. The molecule has 0 aromatic carbocycles. The molecule has 0 aliphatic rings. The van der Waals surface area contributed by atoms with E-state index < -0.39 is 0 Å². The Bertz CT molecular complexity index is 168. The van der Waals surface area contributed by atoms with Crippen molar-refractivity contribution in [2.75, 3.05) is 13.1 Å². The van der Waals surface area contributed by atoms with Crippen LogP contribution in [0.2, 0.25) is 0 Å². The maximum Gasteiger partial charge on any atom is 0.115 e. The van der Waals surface area contributed by atoms with Crippen molar-refractivity contribution in [1.82, 2.24) is 15.5 Å². The van der Waals surface area contributed by atoms with E-state index in [1.54, 1.807) is 0 Å².